The third kappa shape index (κ3) is 4.70. The average Bonchev–Trinajstić information content (AvgIpc) is 3.20. The second-order valence-electron chi connectivity index (χ2n) is 6.74. The number of alkyl halides is 2. The van der Waals surface area contributed by atoms with Gasteiger partial charge in [-0.3, -0.25) is 9.59 Å². The van der Waals surface area contributed by atoms with Crippen molar-refractivity contribution < 1.29 is 26.7 Å². The summed E-state index contributed by atoms with van der Waals surface area (Å²) in [7, 11) is -3.77. The molecule has 29 heavy (non-hydrogen) atoms. The summed E-state index contributed by atoms with van der Waals surface area (Å²) in [6, 6.07) is 6.43. The van der Waals surface area contributed by atoms with Crippen molar-refractivity contribution in [3.8, 4) is 5.75 Å². The van der Waals surface area contributed by atoms with E-state index in [1.807, 2.05) is 0 Å². The van der Waals surface area contributed by atoms with E-state index in [0.717, 1.165) is 29.7 Å². The van der Waals surface area contributed by atoms with Crippen LogP contribution in [0.5, 0.6) is 5.75 Å². The number of pyridine rings is 1. The molecule has 1 fully saturated rings. The molecule has 0 spiro atoms. The van der Waals surface area contributed by atoms with Crippen LogP contribution in [0.2, 0.25) is 0 Å². The summed E-state index contributed by atoms with van der Waals surface area (Å²) in [4.78, 5) is 24.8. The Kier molecular flexibility index (Phi) is 6.13. The first-order valence-electron chi connectivity index (χ1n) is 8.98. The third-order valence-corrected chi connectivity index (χ3v) is 6.51. The number of aryl methyl sites for hydroxylation is 1. The maximum atomic E-state index is 12.7. The Morgan fingerprint density at radius 1 is 1.17 bits per heavy atom. The predicted molar refractivity (Wildman–Crippen MR) is 101 cm³/mol. The maximum Gasteiger partial charge on any atom is 0.387 e. The second-order valence-corrected chi connectivity index (χ2v) is 8.68. The molecule has 0 radical (unpaired) electrons. The largest absolute Gasteiger partial charge is 0.434 e. The summed E-state index contributed by atoms with van der Waals surface area (Å²) in [5.41, 5.74) is -0.0413. The van der Waals surface area contributed by atoms with E-state index in [1.54, 1.807) is 6.92 Å². The Labute approximate surface area is 166 Å². The van der Waals surface area contributed by atoms with Crippen molar-refractivity contribution in [3.05, 3.63) is 58.0 Å². The quantitative estimate of drug-likeness (QED) is 0.635. The minimum atomic E-state index is -3.77. The van der Waals surface area contributed by atoms with Gasteiger partial charge in [0, 0.05) is 25.4 Å². The summed E-state index contributed by atoms with van der Waals surface area (Å²) in [6.07, 6.45) is 2.63. The molecule has 1 aliphatic rings. The number of carbonyl (C=O) groups is 1. The topological polar surface area (TPSA) is 85.7 Å². The number of ether oxygens (including phenoxy) is 1. The van der Waals surface area contributed by atoms with Crippen molar-refractivity contribution in [2.24, 2.45) is 0 Å². The van der Waals surface area contributed by atoms with Crippen LogP contribution in [0.3, 0.4) is 0 Å². The Balaban J connectivity index is 1.92. The van der Waals surface area contributed by atoms with Crippen molar-refractivity contribution >= 4 is 15.8 Å². The molecule has 7 nitrogen and oxygen atoms in total. The zero-order valence-corrected chi connectivity index (χ0v) is 16.5. The SMILES string of the molecule is Cc1ccc(OC(F)F)c(C(=O)Cn2cc(S(=O)(=O)N3CCCC3)ccc2=O)c1. The van der Waals surface area contributed by atoms with E-state index in [9.17, 15) is 26.8 Å². The molecule has 1 aromatic heterocycles. The number of benzene rings is 1. The smallest absolute Gasteiger partial charge is 0.387 e. The van der Waals surface area contributed by atoms with Gasteiger partial charge in [0.2, 0.25) is 10.0 Å². The predicted octanol–water partition coefficient (Wildman–Crippen LogP) is 2.43. The van der Waals surface area contributed by atoms with E-state index < -0.39 is 34.5 Å². The van der Waals surface area contributed by atoms with Crippen LogP contribution < -0.4 is 10.3 Å². The van der Waals surface area contributed by atoms with Crippen LogP contribution in [0.15, 0.2) is 46.2 Å². The van der Waals surface area contributed by atoms with Gasteiger partial charge in [0.15, 0.2) is 5.78 Å². The van der Waals surface area contributed by atoms with Gasteiger partial charge in [-0.05, 0) is 38.0 Å². The fourth-order valence-corrected chi connectivity index (χ4v) is 4.70. The van der Waals surface area contributed by atoms with Gasteiger partial charge in [-0.2, -0.15) is 13.1 Å². The van der Waals surface area contributed by atoms with Gasteiger partial charge in [0.05, 0.1) is 17.0 Å². The molecule has 0 saturated carbocycles. The van der Waals surface area contributed by atoms with Gasteiger partial charge in [-0.1, -0.05) is 11.6 Å². The lowest BCUT2D eigenvalue weighted by Gasteiger charge is -2.16. The second kappa shape index (κ2) is 8.42. The number of halogens is 2. The molecule has 10 heteroatoms. The van der Waals surface area contributed by atoms with Crippen molar-refractivity contribution in [1.29, 1.82) is 0 Å². The fourth-order valence-electron chi connectivity index (χ4n) is 3.16. The summed E-state index contributed by atoms with van der Waals surface area (Å²) >= 11 is 0. The van der Waals surface area contributed by atoms with E-state index in [-0.39, 0.29) is 16.2 Å². The van der Waals surface area contributed by atoms with E-state index in [2.05, 4.69) is 4.74 Å². The fraction of sp³-hybridized carbons (Fsp3) is 0.368. The molecule has 1 aliphatic heterocycles. The molecular weight excluding hydrogens is 406 g/mol. The number of nitrogens with zero attached hydrogens (tertiary/aromatic N) is 2. The lowest BCUT2D eigenvalue weighted by Crippen LogP contribution is -2.30. The average molecular weight is 426 g/mol. The number of hydrogen-bond acceptors (Lipinski definition) is 5. The molecule has 0 bridgehead atoms. The van der Waals surface area contributed by atoms with E-state index in [1.165, 1.54) is 28.6 Å². The lowest BCUT2D eigenvalue weighted by molar-refractivity contribution is -0.0501. The highest BCUT2D eigenvalue weighted by Gasteiger charge is 2.28. The number of Topliss-reactive ketones (excluding diaryl/α,β-unsaturated/α-hetero) is 1. The van der Waals surface area contributed by atoms with Crippen LogP contribution in [-0.4, -0.2) is 42.8 Å². The Hall–Kier alpha value is -2.59. The number of rotatable bonds is 7. The number of hydrogen-bond donors (Lipinski definition) is 0. The zero-order chi connectivity index (χ0) is 21.2. The van der Waals surface area contributed by atoms with Crippen molar-refractivity contribution in [3.63, 3.8) is 0 Å². The van der Waals surface area contributed by atoms with Crippen LogP contribution in [-0.2, 0) is 16.6 Å². The van der Waals surface area contributed by atoms with Crippen molar-refractivity contribution in [1.82, 2.24) is 8.87 Å². The van der Waals surface area contributed by atoms with Crippen LogP contribution >= 0.6 is 0 Å². The Morgan fingerprint density at radius 3 is 2.52 bits per heavy atom. The zero-order valence-electron chi connectivity index (χ0n) is 15.7. The summed E-state index contributed by atoms with van der Waals surface area (Å²) < 4.78 is 57.3. The monoisotopic (exact) mass is 426 g/mol. The van der Waals surface area contributed by atoms with Crippen LogP contribution in [0.25, 0.3) is 0 Å². The standard InChI is InChI=1S/C19H20F2N2O5S/c1-13-4-6-17(28-19(20)21)15(10-13)16(24)12-22-11-14(5-7-18(22)25)29(26,27)23-8-2-3-9-23/h4-7,10-11,19H,2-3,8-9,12H2,1H3. The first kappa shape index (κ1) is 21.1. The number of aromatic nitrogens is 1. The van der Waals surface area contributed by atoms with Crippen molar-refractivity contribution in [2.45, 2.75) is 37.8 Å². The maximum absolute atomic E-state index is 12.7. The lowest BCUT2D eigenvalue weighted by atomic mass is 10.1. The molecule has 156 valence electrons. The summed E-state index contributed by atoms with van der Waals surface area (Å²) in [5, 5.41) is 0. The highest BCUT2D eigenvalue weighted by molar-refractivity contribution is 7.89. The van der Waals surface area contributed by atoms with Gasteiger partial charge < -0.3 is 9.30 Å². The molecule has 3 rings (SSSR count). The Bertz CT molecular complexity index is 1080. The molecular formula is C19H20F2N2O5S. The minimum absolute atomic E-state index is 0.0971. The molecule has 0 atom stereocenters. The first-order chi connectivity index (χ1) is 13.7. The molecule has 0 aliphatic carbocycles. The van der Waals surface area contributed by atoms with Crippen LogP contribution in [0, 0.1) is 6.92 Å². The third-order valence-electron chi connectivity index (χ3n) is 4.62. The minimum Gasteiger partial charge on any atom is -0.434 e. The van der Waals surface area contributed by atoms with Crippen LogP contribution in [0.1, 0.15) is 28.8 Å². The normalized spacial score (nSPS) is 15.0. The highest BCUT2D eigenvalue weighted by atomic mass is 32.2. The number of sulfonamides is 1. The molecule has 2 aromatic rings. The molecule has 0 N–H and O–H groups in total. The summed E-state index contributed by atoms with van der Waals surface area (Å²) in [6.45, 7) is -1.14. The van der Waals surface area contributed by atoms with E-state index in [0.29, 0.717) is 18.7 Å². The summed E-state index contributed by atoms with van der Waals surface area (Å²) in [5.74, 6) is -0.952. The van der Waals surface area contributed by atoms with E-state index >= 15 is 0 Å². The van der Waals surface area contributed by atoms with Crippen molar-refractivity contribution in [2.75, 3.05) is 13.1 Å². The van der Waals surface area contributed by atoms with Gasteiger partial charge >= 0.3 is 6.61 Å². The molecule has 1 saturated heterocycles. The number of carbonyl (C=O) groups excluding carboxylic acids is 1. The first-order valence-corrected chi connectivity index (χ1v) is 10.4. The number of ketones is 1. The van der Waals surface area contributed by atoms with Gasteiger partial charge in [0.1, 0.15) is 5.75 Å². The Morgan fingerprint density at radius 2 is 1.86 bits per heavy atom. The molecule has 2 heterocycles. The molecule has 0 amide bonds. The molecule has 0 unspecified atom stereocenters. The van der Waals surface area contributed by atoms with E-state index in [4.69, 9.17) is 0 Å². The van der Waals surface area contributed by atoms with Gasteiger partial charge in [0.25, 0.3) is 5.56 Å². The van der Waals surface area contributed by atoms with Gasteiger partial charge in [-0.15, -0.1) is 0 Å². The van der Waals surface area contributed by atoms with Crippen LogP contribution in [0.4, 0.5) is 8.78 Å². The van der Waals surface area contributed by atoms with Gasteiger partial charge in [-0.25, -0.2) is 8.42 Å². The molecule has 1 aromatic carbocycles. The highest BCUT2D eigenvalue weighted by Crippen LogP contribution is 2.24.